The van der Waals surface area contributed by atoms with Crippen LogP contribution >= 0.6 is 0 Å². The number of carbonyl (C=O) groups excluding carboxylic acids is 1. The van der Waals surface area contributed by atoms with Crippen LogP contribution in [0.1, 0.15) is 32.1 Å². The first-order valence-electron chi connectivity index (χ1n) is 7.04. The number of likely N-dealkylation sites (tertiary alicyclic amines) is 1. The Balaban J connectivity index is 1.89. The second-order valence-electron chi connectivity index (χ2n) is 6.08. The van der Waals surface area contributed by atoms with Crippen molar-refractivity contribution in [1.29, 1.82) is 0 Å². The third-order valence-corrected chi connectivity index (χ3v) is 4.79. The van der Waals surface area contributed by atoms with Crippen LogP contribution in [0.5, 0.6) is 0 Å². The van der Waals surface area contributed by atoms with Gasteiger partial charge in [-0.3, -0.25) is 4.79 Å². The average Bonchev–Trinajstić information content (AvgIpc) is 2.33. The molecule has 2 fully saturated rings. The molecule has 0 aromatic carbocycles. The molecule has 0 atom stereocenters. The van der Waals surface area contributed by atoms with E-state index in [-0.39, 0.29) is 11.4 Å². The third kappa shape index (κ3) is 2.69. The predicted octanol–water partition coefficient (Wildman–Crippen LogP) is 1.36. The van der Waals surface area contributed by atoms with Gasteiger partial charge in [-0.1, -0.05) is 6.42 Å². The van der Waals surface area contributed by atoms with Gasteiger partial charge in [-0.2, -0.15) is 0 Å². The quantitative estimate of drug-likeness (QED) is 0.709. The molecule has 4 nitrogen and oxygen atoms in total. The predicted molar refractivity (Wildman–Crippen MR) is 71.4 cm³/mol. The van der Waals surface area contributed by atoms with E-state index >= 15 is 0 Å². The molecule has 1 saturated carbocycles. The molecule has 0 spiro atoms. The van der Waals surface area contributed by atoms with E-state index in [1.54, 1.807) is 0 Å². The highest BCUT2D eigenvalue weighted by Gasteiger charge is 2.46. The average molecular weight is 254 g/mol. The fraction of sp³-hybridized carbons (Fsp3) is 0.929. The van der Waals surface area contributed by atoms with E-state index in [2.05, 4.69) is 23.9 Å². The number of nitrogens with zero attached hydrogens (tertiary/aromatic N) is 2. The molecule has 18 heavy (non-hydrogen) atoms. The van der Waals surface area contributed by atoms with E-state index < -0.39 is 0 Å². The molecule has 0 N–H and O–H groups in total. The first-order chi connectivity index (χ1) is 8.57. The summed E-state index contributed by atoms with van der Waals surface area (Å²) in [5.41, 5.74) is -0.202. The number of carbonyl (C=O) groups is 1. The van der Waals surface area contributed by atoms with Crippen molar-refractivity contribution >= 4 is 5.97 Å². The van der Waals surface area contributed by atoms with Gasteiger partial charge in [0.2, 0.25) is 0 Å². The molecular weight excluding hydrogens is 228 g/mol. The second-order valence-corrected chi connectivity index (χ2v) is 6.08. The lowest BCUT2D eigenvalue weighted by Gasteiger charge is -2.44. The van der Waals surface area contributed by atoms with Crippen molar-refractivity contribution < 1.29 is 9.53 Å². The standard InChI is InChI=1S/C14H26N2O2/c1-15-9-5-12(6-10-15)16(2)11-14(7-4-8-14)13(17)18-3/h12H,4-11H2,1-3H3. The van der Waals surface area contributed by atoms with E-state index in [9.17, 15) is 4.79 Å². The van der Waals surface area contributed by atoms with E-state index in [0.717, 1.165) is 25.8 Å². The Labute approximate surface area is 110 Å². The maximum atomic E-state index is 11.9. The number of hydrogen-bond donors (Lipinski definition) is 0. The minimum absolute atomic E-state index is 0.00599. The SMILES string of the molecule is COC(=O)C1(CN(C)C2CCN(C)CC2)CCC1. The maximum Gasteiger partial charge on any atom is 0.313 e. The lowest BCUT2D eigenvalue weighted by Crippen LogP contribution is -2.51. The molecule has 0 amide bonds. The molecule has 2 rings (SSSR count). The van der Waals surface area contributed by atoms with E-state index in [1.807, 2.05) is 0 Å². The normalized spacial score (nSPS) is 24.9. The van der Waals surface area contributed by atoms with E-state index in [4.69, 9.17) is 4.74 Å². The molecule has 104 valence electrons. The van der Waals surface area contributed by atoms with Crippen molar-refractivity contribution in [2.45, 2.75) is 38.1 Å². The zero-order valence-electron chi connectivity index (χ0n) is 11.9. The highest BCUT2D eigenvalue weighted by molar-refractivity contribution is 5.78. The summed E-state index contributed by atoms with van der Waals surface area (Å²) in [4.78, 5) is 16.7. The van der Waals surface area contributed by atoms with Crippen LogP contribution in [0.4, 0.5) is 0 Å². The molecule has 1 aliphatic heterocycles. The number of rotatable bonds is 4. The lowest BCUT2D eigenvalue weighted by molar-refractivity contribution is -0.160. The lowest BCUT2D eigenvalue weighted by atomic mass is 9.68. The molecule has 1 saturated heterocycles. The van der Waals surface area contributed by atoms with Crippen molar-refractivity contribution in [1.82, 2.24) is 9.80 Å². The van der Waals surface area contributed by atoms with Crippen LogP contribution in [0.3, 0.4) is 0 Å². The Morgan fingerprint density at radius 2 is 2.00 bits per heavy atom. The largest absolute Gasteiger partial charge is 0.469 e. The Hall–Kier alpha value is -0.610. The molecule has 4 heteroatoms. The van der Waals surface area contributed by atoms with Gasteiger partial charge >= 0.3 is 5.97 Å². The third-order valence-electron chi connectivity index (χ3n) is 4.79. The van der Waals surface area contributed by atoms with Gasteiger partial charge in [0.25, 0.3) is 0 Å². The van der Waals surface area contributed by atoms with Crippen LogP contribution in [-0.2, 0) is 9.53 Å². The first-order valence-corrected chi connectivity index (χ1v) is 7.04. The van der Waals surface area contributed by atoms with Crippen LogP contribution in [0.25, 0.3) is 0 Å². The van der Waals surface area contributed by atoms with Crippen LogP contribution in [0, 0.1) is 5.41 Å². The number of hydrogen-bond acceptors (Lipinski definition) is 4. The highest BCUT2D eigenvalue weighted by Crippen LogP contribution is 2.43. The highest BCUT2D eigenvalue weighted by atomic mass is 16.5. The summed E-state index contributed by atoms with van der Waals surface area (Å²) in [6, 6.07) is 0.628. The molecular formula is C14H26N2O2. The molecule has 1 aliphatic carbocycles. The van der Waals surface area contributed by atoms with Gasteiger partial charge in [0.05, 0.1) is 12.5 Å². The van der Waals surface area contributed by atoms with Crippen LogP contribution in [0.15, 0.2) is 0 Å². The number of ether oxygens (including phenoxy) is 1. The molecule has 2 aliphatic rings. The minimum Gasteiger partial charge on any atom is -0.469 e. The summed E-state index contributed by atoms with van der Waals surface area (Å²) in [7, 11) is 5.86. The van der Waals surface area contributed by atoms with Crippen LogP contribution in [-0.4, -0.2) is 62.7 Å². The van der Waals surface area contributed by atoms with Crippen molar-refractivity contribution in [3.8, 4) is 0 Å². The van der Waals surface area contributed by atoms with Gasteiger partial charge in [0.15, 0.2) is 0 Å². The topological polar surface area (TPSA) is 32.8 Å². The smallest absolute Gasteiger partial charge is 0.313 e. The number of piperidine rings is 1. The van der Waals surface area contributed by atoms with Crippen molar-refractivity contribution in [3.63, 3.8) is 0 Å². The number of esters is 1. The Bertz CT molecular complexity index is 294. The minimum atomic E-state index is -0.202. The van der Waals surface area contributed by atoms with E-state index in [0.29, 0.717) is 6.04 Å². The summed E-state index contributed by atoms with van der Waals surface area (Å²) in [5, 5.41) is 0. The van der Waals surface area contributed by atoms with Gasteiger partial charge in [-0.25, -0.2) is 0 Å². The summed E-state index contributed by atoms with van der Waals surface area (Å²) in [5.74, 6) is -0.00599. The zero-order chi connectivity index (χ0) is 13.2. The van der Waals surface area contributed by atoms with Gasteiger partial charge in [-0.05, 0) is 52.9 Å². The summed E-state index contributed by atoms with van der Waals surface area (Å²) in [6.45, 7) is 3.20. The van der Waals surface area contributed by atoms with Crippen molar-refractivity contribution in [2.75, 3.05) is 40.8 Å². The maximum absolute atomic E-state index is 11.9. The van der Waals surface area contributed by atoms with Gasteiger partial charge < -0.3 is 14.5 Å². The Kier molecular flexibility index (Phi) is 4.28. The first kappa shape index (κ1) is 13.8. The Morgan fingerprint density at radius 1 is 1.39 bits per heavy atom. The van der Waals surface area contributed by atoms with Crippen LogP contribution in [0.2, 0.25) is 0 Å². The fourth-order valence-electron chi connectivity index (χ4n) is 3.29. The molecule has 1 heterocycles. The van der Waals surface area contributed by atoms with Crippen molar-refractivity contribution in [2.24, 2.45) is 5.41 Å². The van der Waals surface area contributed by atoms with Gasteiger partial charge in [0.1, 0.15) is 0 Å². The fourth-order valence-corrected chi connectivity index (χ4v) is 3.29. The van der Waals surface area contributed by atoms with E-state index in [1.165, 1.54) is 33.0 Å². The molecule has 0 aromatic rings. The molecule has 0 bridgehead atoms. The second kappa shape index (κ2) is 5.57. The summed E-state index contributed by atoms with van der Waals surface area (Å²) >= 11 is 0. The van der Waals surface area contributed by atoms with Gasteiger partial charge in [-0.15, -0.1) is 0 Å². The number of methoxy groups -OCH3 is 1. The molecule has 0 aromatic heterocycles. The summed E-state index contributed by atoms with van der Waals surface area (Å²) in [6.07, 6.45) is 5.58. The molecule has 0 radical (unpaired) electrons. The zero-order valence-corrected chi connectivity index (χ0v) is 11.9. The molecule has 0 unspecified atom stereocenters. The van der Waals surface area contributed by atoms with Gasteiger partial charge in [0, 0.05) is 12.6 Å². The van der Waals surface area contributed by atoms with Crippen molar-refractivity contribution in [3.05, 3.63) is 0 Å². The summed E-state index contributed by atoms with van der Waals surface area (Å²) < 4.78 is 4.99. The monoisotopic (exact) mass is 254 g/mol. The van der Waals surface area contributed by atoms with Crippen LogP contribution < -0.4 is 0 Å². The Morgan fingerprint density at radius 3 is 2.44 bits per heavy atom.